The summed E-state index contributed by atoms with van der Waals surface area (Å²) in [6.45, 7) is 6.97. The topological polar surface area (TPSA) is 69.7 Å². The SMILES string of the molecule is CN1CCCN(c2ccc(CNC(=O)NC[C@H]3CCOC3)cn2)CC1. The number of rotatable bonds is 5. The third-order valence-electron chi connectivity index (χ3n) is 4.88. The Bertz CT molecular complexity index is 545. The molecule has 3 heterocycles. The largest absolute Gasteiger partial charge is 0.381 e. The molecule has 7 nitrogen and oxygen atoms in total. The van der Waals surface area contributed by atoms with Crippen LogP contribution >= 0.6 is 0 Å². The minimum absolute atomic E-state index is 0.133. The van der Waals surface area contributed by atoms with E-state index >= 15 is 0 Å². The summed E-state index contributed by atoms with van der Waals surface area (Å²) < 4.78 is 5.31. The van der Waals surface area contributed by atoms with Gasteiger partial charge < -0.3 is 25.2 Å². The Morgan fingerprint density at radius 3 is 2.96 bits per heavy atom. The van der Waals surface area contributed by atoms with Crippen LogP contribution in [0, 0.1) is 5.92 Å². The van der Waals surface area contributed by atoms with Crippen LogP contribution in [-0.2, 0) is 11.3 Å². The van der Waals surface area contributed by atoms with Crippen molar-refractivity contribution in [2.24, 2.45) is 5.92 Å². The van der Waals surface area contributed by atoms with Gasteiger partial charge in [0.05, 0.1) is 6.61 Å². The van der Waals surface area contributed by atoms with Crippen LogP contribution in [0.1, 0.15) is 18.4 Å². The van der Waals surface area contributed by atoms with Crippen LogP contribution in [0.3, 0.4) is 0 Å². The molecule has 25 heavy (non-hydrogen) atoms. The third kappa shape index (κ3) is 5.57. The molecule has 2 N–H and O–H groups in total. The quantitative estimate of drug-likeness (QED) is 0.833. The van der Waals surface area contributed by atoms with Crippen LogP contribution < -0.4 is 15.5 Å². The van der Waals surface area contributed by atoms with Crippen molar-refractivity contribution in [2.75, 3.05) is 57.9 Å². The number of carbonyl (C=O) groups is 1. The zero-order chi connectivity index (χ0) is 17.5. The molecular weight excluding hydrogens is 318 g/mol. The van der Waals surface area contributed by atoms with Gasteiger partial charge >= 0.3 is 6.03 Å². The minimum atomic E-state index is -0.133. The second kappa shape index (κ2) is 9.01. The molecule has 2 aliphatic heterocycles. The molecule has 2 fully saturated rings. The molecular formula is C18H29N5O2. The number of hydrogen-bond acceptors (Lipinski definition) is 5. The van der Waals surface area contributed by atoms with E-state index in [1.807, 2.05) is 12.3 Å². The molecule has 0 saturated carbocycles. The number of carbonyl (C=O) groups excluding carboxylic acids is 1. The summed E-state index contributed by atoms with van der Waals surface area (Å²) in [6.07, 6.45) is 4.04. The maximum absolute atomic E-state index is 11.9. The van der Waals surface area contributed by atoms with Crippen molar-refractivity contribution in [3.63, 3.8) is 0 Å². The van der Waals surface area contributed by atoms with E-state index in [0.29, 0.717) is 19.0 Å². The average molecular weight is 347 g/mol. The Labute approximate surface area is 149 Å². The van der Waals surface area contributed by atoms with E-state index in [4.69, 9.17) is 4.74 Å². The number of hydrogen-bond donors (Lipinski definition) is 2. The Morgan fingerprint density at radius 1 is 1.28 bits per heavy atom. The second-order valence-electron chi connectivity index (χ2n) is 6.96. The predicted octanol–water partition coefficient (Wildman–Crippen LogP) is 1.06. The molecule has 0 bridgehead atoms. The first kappa shape index (κ1) is 17.9. The van der Waals surface area contributed by atoms with Gasteiger partial charge in [-0.3, -0.25) is 0 Å². The van der Waals surface area contributed by atoms with Gasteiger partial charge in [0.25, 0.3) is 0 Å². The minimum Gasteiger partial charge on any atom is -0.381 e. The highest BCUT2D eigenvalue weighted by Crippen LogP contribution is 2.14. The van der Waals surface area contributed by atoms with Crippen molar-refractivity contribution < 1.29 is 9.53 Å². The number of nitrogens with zero attached hydrogens (tertiary/aromatic N) is 3. The number of nitrogens with one attached hydrogen (secondary N) is 2. The van der Waals surface area contributed by atoms with E-state index in [1.165, 1.54) is 0 Å². The van der Waals surface area contributed by atoms with Gasteiger partial charge in [-0.15, -0.1) is 0 Å². The van der Waals surface area contributed by atoms with Crippen LogP contribution in [-0.4, -0.2) is 68.9 Å². The number of urea groups is 1. The van der Waals surface area contributed by atoms with Crippen LogP contribution in [0.25, 0.3) is 0 Å². The van der Waals surface area contributed by atoms with E-state index in [1.54, 1.807) is 0 Å². The summed E-state index contributed by atoms with van der Waals surface area (Å²) in [6, 6.07) is 3.96. The maximum Gasteiger partial charge on any atom is 0.315 e. The van der Waals surface area contributed by atoms with Gasteiger partial charge in [0, 0.05) is 51.4 Å². The lowest BCUT2D eigenvalue weighted by Gasteiger charge is -2.21. The molecule has 0 unspecified atom stereocenters. The van der Waals surface area contributed by atoms with Crippen molar-refractivity contribution >= 4 is 11.8 Å². The molecule has 7 heteroatoms. The van der Waals surface area contributed by atoms with Gasteiger partial charge in [-0.25, -0.2) is 9.78 Å². The molecule has 0 aromatic carbocycles. The number of likely N-dealkylation sites (N-methyl/N-ethyl adjacent to an activating group) is 1. The average Bonchev–Trinajstić information content (AvgIpc) is 3.06. The Hall–Kier alpha value is -1.86. The number of pyridine rings is 1. The fourth-order valence-corrected chi connectivity index (χ4v) is 3.21. The van der Waals surface area contributed by atoms with Gasteiger partial charge in [-0.1, -0.05) is 6.07 Å². The zero-order valence-corrected chi connectivity index (χ0v) is 15.0. The molecule has 1 aromatic heterocycles. The Balaban J connectivity index is 1.41. The lowest BCUT2D eigenvalue weighted by atomic mass is 10.1. The van der Waals surface area contributed by atoms with Crippen molar-refractivity contribution in [1.29, 1.82) is 0 Å². The summed E-state index contributed by atoms with van der Waals surface area (Å²) in [5.41, 5.74) is 1.01. The van der Waals surface area contributed by atoms with Crippen molar-refractivity contribution in [1.82, 2.24) is 20.5 Å². The van der Waals surface area contributed by atoms with Crippen LogP contribution in [0.4, 0.5) is 10.6 Å². The van der Waals surface area contributed by atoms with E-state index in [-0.39, 0.29) is 6.03 Å². The van der Waals surface area contributed by atoms with E-state index in [0.717, 1.165) is 63.6 Å². The highest BCUT2D eigenvalue weighted by molar-refractivity contribution is 5.73. The van der Waals surface area contributed by atoms with Gasteiger partial charge in [0.2, 0.25) is 0 Å². The van der Waals surface area contributed by atoms with Crippen LogP contribution in [0.2, 0.25) is 0 Å². The summed E-state index contributed by atoms with van der Waals surface area (Å²) in [5.74, 6) is 1.46. The Morgan fingerprint density at radius 2 is 2.20 bits per heavy atom. The fraction of sp³-hybridized carbons (Fsp3) is 0.667. The molecule has 1 aromatic rings. The number of ether oxygens (including phenoxy) is 1. The standard InChI is InChI=1S/C18H29N5O2/c1-22-6-2-7-23(9-8-22)17-4-3-15(11-19-17)12-20-18(24)21-13-16-5-10-25-14-16/h3-4,11,16H,2,5-10,12-14H2,1H3,(H2,20,21,24)/t16-/m1/s1. The van der Waals surface area contributed by atoms with E-state index < -0.39 is 0 Å². The number of amides is 2. The van der Waals surface area contributed by atoms with Gasteiger partial charge in [-0.05, 0) is 38.1 Å². The van der Waals surface area contributed by atoms with Gasteiger partial charge in [0.1, 0.15) is 5.82 Å². The highest BCUT2D eigenvalue weighted by Gasteiger charge is 2.16. The monoisotopic (exact) mass is 347 g/mol. The Kier molecular flexibility index (Phi) is 6.47. The van der Waals surface area contributed by atoms with E-state index in [2.05, 4.69) is 38.5 Å². The summed E-state index contributed by atoms with van der Waals surface area (Å²) >= 11 is 0. The molecule has 138 valence electrons. The maximum atomic E-state index is 11.9. The van der Waals surface area contributed by atoms with Crippen LogP contribution in [0.5, 0.6) is 0 Å². The van der Waals surface area contributed by atoms with E-state index in [9.17, 15) is 4.79 Å². The smallest absolute Gasteiger partial charge is 0.315 e. The predicted molar refractivity (Wildman–Crippen MR) is 97.7 cm³/mol. The lowest BCUT2D eigenvalue weighted by Crippen LogP contribution is -2.38. The van der Waals surface area contributed by atoms with Crippen molar-refractivity contribution in [2.45, 2.75) is 19.4 Å². The molecule has 0 radical (unpaired) electrons. The van der Waals surface area contributed by atoms with Crippen LogP contribution in [0.15, 0.2) is 18.3 Å². The number of anilines is 1. The molecule has 3 rings (SSSR count). The molecule has 1 atom stereocenters. The van der Waals surface area contributed by atoms with Gasteiger partial charge in [0.15, 0.2) is 0 Å². The third-order valence-corrected chi connectivity index (χ3v) is 4.88. The fourth-order valence-electron chi connectivity index (χ4n) is 3.21. The molecule has 2 aliphatic rings. The molecule has 0 aliphatic carbocycles. The zero-order valence-electron chi connectivity index (χ0n) is 15.0. The first-order chi connectivity index (χ1) is 12.2. The van der Waals surface area contributed by atoms with Crippen molar-refractivity contribution in [3.05, 3.63) is 23.9 Å². The first-order valence-corrected chi connectivity index (χ1v) is 9.18. The first-order valence-electron chi connectivity index (χ1n) is 9.18. The van der Waals surface area contributed by atoms with Gasteiger partial charge in [-0.2, -0.15) is 0 Å². The number of aromatic nitrogens is 1. The molecule has 0 spiro atoms. The summed E-state index contributed by atoms with van der Waals surface area (Å²) in [7, 11) is 2.16. The molecule has 2 amide bonds. The lowest BCUT2D eigenvalue weighted by molar-refractivity contribution is 0.185. The summed E-state index contributed by atoms with van der Waals surface area (Å²) in [5, 5.41) is 5.79. The van der Waals surface area contributed by atoms with Crippen molar-refractivity contribution in [3.8, 4) is 0 Å². The highest BCUT2D eigenvalue weighted by atomic mass is 16.5. The molecule has 2 saturated heterocycles. The second-order valence-corrected chi connectivity index (χ2v) is 6.96. The summed E-state index contributed by atoms with van der Waals surface area (Å²) in [4.78, 5) is 21.1. The normalized spacial score (nSPS) is 21.8.